The summed E-state index contributed by atoms with van der Waals surface area (Å²) in [5.74, 6) is 0. The average molecular weight is 331 g/mol. The standard InChI is InChI=1S/C13H15ClN2O2S2/c1-9-3-4-10(14)11(7-9)16-20(17,18)13-5-6-19-12(13)8-15-2/h3-7,15-16H,8H2,1-2H3. The van der Waals surface area contributed by atoms with Crippen LogP contribution in [0, 0.1) is 6.92 Å². The van der Waals surface area contributed by atoms with Crippen LogP contribution >= 0.6 is 22.9 Å². The number of hydrogen-bond donors (Lipinski definition) is 2. The van der Waals surface area contributed by atoms with Crippen molar-refractivity contribution in [2.75, 3.05) is 11.8 Å². The summed E-state index contributed by atoms with van der Waals surface area (Å²) < 4.78 is 27.4. The van der Waals surface area contributed by atoms with E-state index in [2.05, 4.69) is 10.0 Å². The fourth-order valence-electron chi connectivity index (χ4n) is 1.77. The largest absolute Gasteiger partial charge is 0.315 e. The molecule has 0 amide bonds. The monoisotopic (exact) mass is 330 g/mol. The molecule has 0 unspecified atom stereocenters. The summed E-state index contributed by atoms with van der Waals surface area (Å²) in [4.78, 5) is 1.05. The summed E-state index contributed by atoms with van der Waals surface area (Å²) in [6.45, 7) is 2.39. The lowest BCUT2D eigenvalue weighted by atomic mass is 10.2. The van der Waals surface area contributed by atoms with E-state index in [1.54, 1.807) is 30.6 Å². The fourth-order valence-corrected chi connectivity index (χ4v) is 4.52. The van der Waals surface area contributed by atoms with E-state index in [1.807, 2.05) is 13.0 Å². The summed E-state index contributed by atoms with van der Waals surface area (Å²) in [6, 6.07) is 6.82. The first kappa shape index (κ1) is 15.3. The van der Waals surface area contributed by atoms with Crippen LogP contribution in [-0.2, 0) is 16.6 Å². The molecule has 1 aromatic carbocycles. The van der Waals surface area contributed by atoms with Gasteiger partial charge in [-0.15, -0.1) is 11.3 Å². The van der Waals surface area contributed by atoms with Crippen molar-refractivity contribution in [2.24, 2.45) is 0 Å². The number of anilines is 1. The van der Waals surface area contributed by atoms with Gasteiger partial charge in [0.2, 0.25) is 0 Å². The third-order valence-corrected chi connectivity index (χ3v) is 5.53. The minimum absolute atomic E-state index is 0.287. The van der Waals surface area contributed by atoms with E-state index >= 15 is 0 Å². The number of sulfonamides is 1. The molecule has 0 fully saturated rings. The first-order valence-electron chi connectivity index (χ1n) is 5.94. The van der Waals surface area contributed by atoms with E-state index in [1.165, 1.54) is 11.3 Å². The van der Waals surface area contributed by atoms with Gasteiger partial charge in [0.15, 0.2) is 0 Å². The Balaban J connectivity index is 2.36. The molecule has 1 heterocycles. The molecular weight excluding hydrogens is 316 g/mol. The molecule has 7 heteroatoms. The Morgan fingerprint density at radius 2 is 2.05 bits per heavy atom. The van der Waals surface area contributed by atoms with Crippen LogP contribution in [0.4, 0.5) is 5.69 Å². The zero-order valence-electron chi connectivity index (χ0n) is 11.1. The molecule has 0 radical (unpaired) electrons. The minimum atomic E-state index is -3.63. The molecule has 0 aliphatic heterocycles. The molecule has 0 spiro atoms. The van der Waals surface area contributed by atoms with Gasteiger partial charge < -0.3 is 5.32 Å². The SMILES string of the molecule is CNCc1sccc1S(=O)(=O)Nc1cc(C)ccc1Cl. The van der Waals surface area contributed by atoms with Gasteiger partial charge in [-0.25, -0.2) is 8.42 Å². The molecular formula is C13H15ClN2O2S2. The Bertz CT molecular complexity index is 711. The van der Waals surface area contributed by atoms with Crippen LogP contribution in [0.1, 0.15) is 10.4 Å². The number of nitrogens with one attached hydrogen (secondary N) is 2. The van der Waals surface area contributed by atoms with Gasteiger partial charge in [0.25, 0.3) is 10.0 Å². The average Bonchev–Trinajstić information content (AvgIpc) is 2.83. The molecule has 0 saturated heterocycles. The lowest BCUT2D eigenvalue weighted by Gasteiger charge is -2.11. The highest BCUT2D eigenvalue weighted by Crippen LogP contribution is 2.28. The maximum atomic E-state index is 12.4. The van der Waals surface area contributed by atoms with Gasteiger partial charge >= 0.3 is 0 Å². The van der Waals surface area contributed by atoms with E-state index in [-0.39, 0.29) is 4.90 Å². The first-order valence-corrected chi connectivity index (χ1v) is 8.68. The number of benzene rings is 1. The molecule has 2 N–H and O–H groups in total. The highest BCUT2D eigenvalue weighted by molar-refractivity contribution is 7.93. The smallest absolute Gasteiger partial charge is 0.263 e. The zero-order valence-corrected chi connectivity index (χ0v) is 13.5. The third kappa shape index (κ3) is 3.32. The van der Waals surface area contributed by atoms with Crippen LogP contribution in [0.3, 0.4) is 0 Å². The normalized spacial score (nSPS) is 11.6. The van der Waals surface area contributed by atoms with Crippen molar-refractivity contribution in [3.05, 3.63) is 45.1 Å². The molecule has 4 nitrogen and oxygen atoms in total. The van der Waals surface area contributed by atoms with Gasteiger partial charge in [-0.3, -0.25) is 4.72 Å². The number of halogens is 1. The quantitative estimate of drug-likeness (QED) is 0.885. The lowest BCUT2D eigenvalue weighted by Crippen LogP contribution is -2.16. The second-order valence-electron chi connectivity index (χ2n) is 4.33. The highest BCUT2D eigenvalue weighted by Gasteiger charge is 2.20. The van der Waals surface area contributed by atoms with Crippen molar-refractivity contribution >= 4 is 38.6 Å². The second-order valence-corrected chi connectivity index (χ2v) is 7.39. The maximum Gasteiger partial charge on any atom is 0.263 e. The van der Waals surface area contributed by atoms with E-state index in [0.717, 1.165) is 10.4 Å². The number of thiophene rings is 1. The Kier molecular flexibility index (Phi) is 4.70. The van der Waals surface area contributed by atoms with Gasteiger partial charge in [0, 0.05) is 11.4 Å². The summed E-state index contributed by atoms with van der Waals surface area (Å²) in [5.41, 5.74) is 1.33. The van der Waals surface area contributed by atoms with Crippen LogP contribution < -0.4 is 10.0 Å². The molecule has 0 saturated carbocycles. The van der Waals surface area contributed by atoms with Crippen molar-refractivity contribution in [3.63, 3.8) is 0 Å². The van der Waals surface area contributed by atoms with Crippen LogP contribution in [-0.4, -0.2) is 15.5 Å². The first-order chi connectivity index (χ1) is 9.44. The molecule has 0 aliphatic carbocycles. The van der Waals surface area contributed by atoms with E-state index in [4.69, 9.17) is 11.6 Å². The van der Waals surface area contributed by atoms with Crippen LogP contribution in [0.25, 0.3) is 0 Å². The van der Waals surface area contributed by atoms with Crippen LogP contribution in [0.2, 0.25) is 5.02 Å². The van der Waals surface area contributed by atoms with Crippen molar-refractivity contribution < 1.29 is 8.42 Å². The predicted molar refractivity (Wildman–Crippen MR) is 84.1 cm³/mol. The van der Waals surface area contributed by atoms with E-state index in [9.17, 15) is 8.42 Å². The van der Waals surface area contributed by atoms with Crippen LogP contribution in [0.5, 0.6) is 0 Å². The fraction of sp³-hybridized carbons (Fsp3) is 0.231. The molecule has 0 aliphatic rings. The summed E-state index contributed by atoms with van der Waals surface area (Å²) >= 11 is 7.43. The molecule has 1 aromatic heterocycles. The second kappa shape index (κ2) is 6.13. The van der Waals surface area contributed by atoms with Crippen molar-refractivity contribution in [3.8, 4) is 0 Å². The Labute approximate surface area is 127 Å². The predicted octanol–water partition coefficient (Wildman–Crippen LogP) is 3.23. The van der Waals surface area contributed by atoms with Gasteiger partial charge in [-0.1, -0.05) is 17.7 Å². The van der Waals surface area contributed by atoms with Gasteiger partial charge in [0.05, 0.1) is 10.7 Å². The topological polar surface area (TPSA) is 58.2 Å². The van der Waals surface area contributed by atoms with Crippen molar-refractivity contribution in [1.82, 2.24) is 5.32 Å². The summed E-state index contributed by atoms with van der Waals surface area (Å²) in [5, 5.41) is 5.10. The molecule has 20 heavy (non-hydrogen) atoms. The molecule has 2 rings (SSSR count). The third-order valence-electron chi connectivity index (χ3n) is 2.70. The van der Waals surface area contributed by atoms with Crippen molar-refractivity contribution in [1.29, 1.82) is 0 Å². The molecule has 108 valence electrons. The Hall–Kier alpha value is -1.08. The number of aryl methyl sites for hydroxylation is 1. The Morgan fingerprint density at radius 1 is 1.30 bits per heavy atom. The molecule has 2 aromatic rings. The van der Waals surface area contributed by atoms with Gasteiger partial charge in [0.1, 0.15) is 4.90 Å². The van der Waals surface area contributed by atoms with Gasteiger partial charge in [-0.05, 0) is 43.1 Å². The van der Waals surface area contributed by atoms with E-state index in [0.29, 0.717) is 17.3 Å². The zero-order chi connectivity index (χ0) is 14.8. The highest BCUT2D eigenvalue weighted by atomic mass is 35.5. The number of hydrogen-bond acceptors (Lipinski definition) is 4. The molecule has 0 atom stereocenters. The Morgan fingerprint density at radius 3 is 2.75 bits per heavy atom. The van der Waals surface area contributed by atoms with Crippen LogP contribution in [0.15, 0.2) is 34.5 Å². The maximum absolute atomic E-state index is 12.4. The summed E-state index contributed by atoms with van der Waals surface area (Å²) in [7, 11) is -1.85. The van der Waals surface area contributed by atoms with Crippen molar-refractivity contribution in [2.45, 2.75) is 18.4 Å². The van der Waals surface area contributed by atoms with E-state index < -0.39 is 10.0 Å². The minimum Gasteiger partial charge on any atom is -0.315 e. The summed E-state index contributed by atoms with van der Waals surface area (Å²) in [6.07, 6.45) is 0. The molecule has 0 bridgehead atoms. The lowest BCUT2D eigenvalue weighted by molar-refractivity contribution is 0.600. The number of rotatable bonds is 5. The van der Waals surface area contributed by atoms with Gasteiger partial charge in [-0.2, -0.15) is 0 Å².